The van der Waals surface area contributed by atoms with Crippen LogP contribution in [0.15, 0.2) is 18.5 Å². The molecule has 0 amide bonds. The third-order valence-electron chi connectivity index (χ3n) is 3.32. The van der Waals surface area contributed by atoms with Gasteiger partial charge in [-0.25, -0.2) is 4.98 Å². The summed E-state index contributed by atoms with van der Waals surface area (Å²) in [6.07, 6.45) is 3.57. The van der Waals surface area contributed by atoms with Gasteiger partial charge >= 0.3 is 0 Å². The molecule has 1 atom stereocenters. The lowest BCUT2D eigenvalue weighted by molar-refractivity contribution is 0.159. The van der Waals surface area contributed by atoms with Crippen LogP contribution in [0.5, 0.6) is 0 Å². The van der Waals surface area contributed by atoms with Crippen LogP contribution in [0.3, 0.4) is 0 Å². The van der Waals surface area contributed by atoms with Gasteiger partial charge in [-0.15, -0.1) is 11.6 Å². The van der Waals surface area contributed by atoms with Crippen LogP contribution in [0.1, 0.15) is 18.1 Å². The maximum Gasteiger partial charge on any atom is 0.127 e. The molecule has 5 nitrogen and oxygen atoms in total. The van der Waals surface area contributed by atoms with Crippen LogP contribution in [0.25, 0.3) is 11.0 Å². The highest BCUT2D eigenvalue weighted by atomic mass is 35.5. The molecule has 2 rings (SSSR count). The van der Waals surface area contributed by atoms with Gasteiger partial charge in [-0.3, -0.25) is 4.98 Å². The highest BCUT2D eigenvalue weighted by Crippen LogP contribution is 2.23. The van der Waals surface area contributed by atoms with E-state index in [2.05, 4.69) is 26.5 Å². The highest BCUT2D eigenvalue weighted by Gasteiger charge is 2.15. The highest BCUT2D eigenvalue weighted by molar-refractivity contribution is 6.20. The van der Waals surface area contributed by atoms with Crippen LogP contribution in [-0.2, 0) is 11.3 Å². The van der Waals surface area contributed by atoms with Crippen molar-refractivity contribution in [3.63, 3.8) is 0 Å². The van der Waals surface area contributed by atoms with Gasteiger partial charge in [0.2, 0.25) is 0 Å². The van der Waals surface area contributed by atoms with Crippen molar-refractivity contribution in [2.24, 2.45) is 0 Å². The average molecular weight is 297 g/mol. The maximum atomic E-state index is 6.24. The van der Waals surface area contributed by atoms with Crippen molar-refractivity contribution >= 4 is 22.6 Å². The summed E-state index contributed by atoms with van der Waals surface area (Å²) in [7, 11) is 3.81. The Hall–Kier alpha value is -1.17. The van der Waals surface area contributed by atoms with E-state index in [1.165, 1.54) is 0 Å². The molecule has 0 aromatic carbocycles. The summed E-state index contributed by atoms with van der Waals surface area (Å²) in [5.41, 5.74) is 1.98. The molecular formula is C14H21ClN4O. The molecule has 2 aromatic rings. The third kappa shape index (κ3) is 3.48. The van der Waals surface area contributed by atoms with Crippen molar-refractivity contribution in [1.29, 1.82) is 0 Å². The Labute approximate surface area is 124 Å². The van der Waals surface area contributed by atoms with Crippen molar-refractivity contribution in [3.8, 4) is 0 Å². The number of hydrogen-bond donors (Lipinski definition) is 0. The van der Waals surface area contributed by atoms with E-state index in [0.717, 1.165) is 43.1 Å². The Morgan fingerprint density at radius 1 is 1.45 bits per heavy atom. The Bertz CT molecular complexity index is 555. The second-order valence-electron chi connectivity index (χ2n) is 4.90. The van der Waals surface area contributed by atoms with E-state index < -0.39 is 0 Å². The SMILES string of the molecule is COCCN(C)CCn1c(C(C)Cl)nc2cnccc21. The van der Waals surface area contributed by atoms with Crippen molar-refractivity contribution in [3.05, 3.63) is 24.3 Å². The number of rotatable bonds is 7. The van der Waals surface area contributed by atoms with Crippen LogP contribution in [-0.4, -0.2) is 53.3 Å². The quantitative estimate of drug-likeness (QED) is 0.736. The van der Waals surface area contributed by atoms with E-state index in [4.69, 9.17) is 16.3 Å². The van der Waals surface area contributed by atoms with Gasteiger partial charge in [0.25, 0.3) is 0 Å². The largest absolute Gasteiger partial charge is 0.383 e. The van der Waals surface area contributed by atoms with Crippen LogP contribution < -0.4 is 0 Å². The zero-order valence-electron chi connectivity index (χ0n) is 12.2. The van der Waals surface area contributed by atoms with Gasteiger partial charge in [0.1, 0.15) is 11.3 Å². The Morgan fingerprint density at radius 3 is 2.95 bits per heavy atom. The van der Waals surface area contributed by atoms with E-state index in [1.54, 1.807) is 19.5 Å². The number of aromatic nitrogens is 3. The number of ether oxygens (including phenoxy) is 1. The van der Waals surface area contributed by atoms with Gasteiger partial charge in [0.15, 0.2) is 0 Å². The van der Waals surface area contributed by atoms with Crippen LogP contribution in [0.4, 0.5) is 0 Å². The van der Waals surface area contributed by atoms with Gasteiger partial charge in [0.05, 0.1) is 23.7 Å². The Morgan fingerprint density at radius 2 is 2.25 bits per heavy atom. The fraction of sp³-hybridized carbons (Fsp3) is 0.571. The number of hydrogen-bond acceptors (Lipinski definition) is 4. The second kappa shape index (κ2) is 7.02. The lowest BCUT2D eigenvalue weighted by Crippen LogP contribution is -2.27. The minimum Gasteiger partial charge on any atom is -0.383 e. The third-order valence-corrected chi connectivity index (χ3v) is 3.51. The molecule has 110 valence electrons. The normalized spacial score (nSPS) is 13.2. The predicted molar refractivity (Wildman–Crippen MR) is 81.2 cm³/mol. The van der Waals surface area contributed by atoms with Crippen molar-refractivity contribution in [1.82, 2.24) is 19.4 Å². The summed E-state index contributed by atoms with van der Waals surface area (Å²) in [6, 6.07) is 1.99. The molecule has 6 heteroatoms. The number of alkyl halides is 1. The summed E-state index contributed by atoms with van der Waals surface area (Å²) in [6.45, 7) is 5.38. The van der Waals surface area contributed by atoms with Gasteiger partial charge in [-0.2, -0.15) is 0 Å². The zero-order chi connectivity index (χ0) is 14.5. The summed E-state index contributed by atoms with van der Waals surface area (Å²) in [5, 5.41) is -0.119. The number of imidazole rings is 1. The summed E-state index contributed by atoms with van der Waals surface area (Å²) >= 11 is 6.24. The molecule has 2 aromatic heterocycles. The van der Waals surface area contributed by atoms with Crippen LogP contribution in [0, 0.1) is 0 Å². The first kappa shape index (κ1) is 15.2. The number of halogens is 1. The fourth-order valence-corrected chi connectivity index (χ4v) is 2.34. The minimum absolute atomic E-state index is 0.119. The number of likely N-dealkylation sites (N-methyl/N-ethyl adjacent to an activating group) is 1. The van der Waals surface area contributed by atoms with Crippen LogP contribution >= 0.6 is 11.6 Å². The molecule has 0 saturated heterocycles. The number of methoxy groups -OCH3 is 1. The molecule has 0 fully saturated rings. The van der Waals surface area contributed by atoms with Gasteiger partial charge in [-0.1, -0.05) is 0 Å². The van der Waals surface area contributed by atoms with E-state index in [1.807, 2.05) is 13.0 Å². The summed E-state index contributed by atoms with van der Waals surface area (Å²) in [5.74, 6) is 0.898. The molecule has 0 radical (unpaired) electrons. The van der Waals surface area contributed by atoms with E-state index in [9.17, 15) is 0 Å². The topological polar surface area (TPSA) is 43.2 Å². The molecule has 0 aliphatic rings. The van der Waals surface area contributed by atoms with Gasteiger partial charge in [-0.05, 0) is 20.0 Å². The van der Waals surface area contributed by atoms with Gasteiger partial charge < -0.3 is 14.2 Å². The molecule has 2 heterocycles. The maximum absolute atomic E-state index is 6.24. The average Bonchev–Trinajstić information content (AvgIpc) is 2.82. The monoisotopic (exact) mass is 296 g/mol. The smallest absolute Gasteiger partial charge is 0.127 e. The minimum atomic E-state index is -0.119. The van der Waals surface area contributed by atoms with E-state index in [0.29, 0.717) is 0 Å². The molecule has 0 bridgehead atoms. The first-order chi connectivity index (χ1) is 9.63. The molecule has 0 aliphatic heterocycles. The van der Waals surface area contributed by atoms with Crippen molar-refractivity contribution < 1.29 is 4.74 Å². The molecular weight excluding hydrogens is 276 g/mol. The number of nitrogens with zero attached hydrogens (tertiary/aromatic N) is 4. The van der Waals surface area contributed by atoms with Crippen molar-refractivity contribution in [2.45, 2.75) is 18.8 Å². The number of fused-ring (bicyclic) bond motifs is 1. The second-order valence-corrected chi connectivity index (χ2v) is 5.55. The Balaban J connectivity index is 2.17. The zero-order valence-corrected chi connectivity index (χ0v) is 13.0. The molecule has 0 N–H and O–H groups in total. The molecule has 20 heavy (non-hydrogen) atoms. The molecule has 0 saturated carbocycles. The first-order valence-electron chi connectivity index (χ1n) is 6.75. The number of pyridine rings is 1. The lowest BCUT2D eigenvalue weighted by atomic mass is 10.4. The predicted octanol–water partition coefficient (Wildman–Crippen LogP) is 2.31. The van der Waals surface area contributed by atoms with Crippen molar-refractivity contribution in [2.75, 3.05) is 33.9 Å². The summed E-state index contributed by atoms with van der Waals surface area (Å²) < 4.78 is 7.27. The summed E-state index contributed by atoms with van der Waals surface area (Å²) in [4.78, 5) is 10.9. The fourth-order valence-electron chi connectivity index (χ4n) is 2.17. The van der Waals surface area contributed by atoms with E-state index >= 15 is 0 Å². The molecule has 0 spiro atoms. The first-order valence-corrected chi connectivity index (χ1v) is 7.19. The van der Waals surface area contributed by atoms with Crippen LogP contribution in [0.2, 0.25) is 0 Å². The molecule has 0 aliphatic carbocycles. The van der Waals surface area contributed by atoms with Gasteiger partial charge in [0, 0.05) is 32.9 Å². The van der Waals surface area contributed by atoms with E-state index in [-0.39, 0.29) is 5.38 Å². The Kier molecular flexibility index (Phi) is 5.34. The lowest BCUT2D eigenvalue weighted by Gasteiger charge is -2.18. The molecule has 1 unspecified atom stereocenters. The standard InChI is InChI=1S/C14H21ClN4O/c1-11(15)14-17-12-10-16-5-4-13(12)19(14)7-6-18(2)8-9-20-3/h4-5,10-11H,6-9H2,1-3H3.